The molecule has 0 fully saturated rings. The molecular formula is C26H26ClN3O4. The third-order valence-corrected chi connectivity index (χ3v) is 5.48. The fourth-order valence-electron chi connectivity index (χ4n) is 3.54. The minimum absolute atomic E-state index is 0.0618. The molecule has 0 saturated carbocycles. The minimum Gasteiger partial charge on any atom is -0.497 e. The van der Waals surface area contributed by atoms with Crippen molar-refractivity contribution < 1.29 is 19.0 Å². The Morgan fingerprint density at radius 3 is 2.38 bits per heavy atom. The third kappa shape index (κ3) is 6.20. The summed E-state index contributed by atoms with van der Waals surface area (Å²) in [6.45, 7) is 1.51. The Bertz CT molecular complexity index is 1220. The molecule has 0 saturated heterocycles. The summed E-state index contributed by atoms with van der Waals surface area (Å²) in [6, 6.07) is 22.4. The van der Waals surface area contributed by atoms with E-state index in [2.05, 4.69) is 9.88 Å². The molecule has 3 aromatic carbocycles. The molecule has 4 rings (SSSR count). The zero-order valence-electron chi connectivity index (χ0n) is 18.9. The van der Waals surface area contributed by atoms with Crippen LogP contribution in [-0.2, 0) is 17.8 Å². The zero-order valence-corrected chi connectivity index (χ0v) is 19.6. The number of ether oxygens (including phenoxy) is 3. The molecule has 0 unspecified atom stereocenters. The van der Waals surface area contributed by atoms with Gasteiger partial charge in [-0.15, -0.1) is 0 Å². The molecule has 0 bridgehead atoms. The average Bonchev–Trinajstić information content (AvgIpc) is 3.21. The highest BCUT2D eigenvalue weighted by atomic mass is 35.5. The van der Waals surface area contributed by atoms with Gasteiger partial charge in [-0.1, -0.05) is 23.7 Å². The summed E-state index contributed by atoms with van der Waals surface area (Å²) in [5, 5.41) is 3.51. The number of amides is 1. The molecular weight excluding hydrogens is 454 g/mol. The largest absolute Gasteiger partial charge is 0.497 e. The molecule has 8 heteroatoms. The Morgan fingerprint density at radius 1 is 0.941 bits per heavy atom. The van der Waals surface area contributed by atoms with Crippen LogP contribution < -0.4 is 19.5 Å². The fraction of sp³-hybridized carbons (Fsp3) is 0.231. The van der Waals surface area contributed by atoms with Crippen molar-refractivity contribution in [3.63, 3.8) is 0 Å². The number of para-hydroxylation sites is 2. The maximum absolute atomic E-state index is 12.2. The van der Waals surface area contributed by atoms with Gasteiger partial charge in [0.25, 0.3) is 5.91 Å². The lowest BCUT2D eigenvalue weighted by Gasteiger charge is -2.12. The number of carbonyl (C=O) groups excluding carboxylic acids is 1. The second kappa shape index (κ2) is 11.4. The average molecular weight is 480 g/mol. The number of carbonyl (C=O) groups is 1. The van der Waals surface area contributed by atoms with Gasteiger partial charge in [-0.25, -0.2) is 4.98 Å². The van der Waals surface area contributed by atoms with Gasteiger partial charge in [0.2, 0.25) is 0 Å². The van der Waals surface area contributed by atoms with Gasteiger partial charge in [-0.3, -0.25) is 4.79 Å². The van der Waals surface area contributed by atoms with Crippen LogP contribution in [0.5, 0.6) is 17.2 Å². The number of nitrogens with one attached hydrogen (secondary N) is 1. The topological polar surface area (TPSA) is 74.6 Å². The highest BCUT2D eigenvalue weighted by Crippen LogP contribution is 2.19. The summed E-state index contributed by atoms with van der Waals surface area (Å²) in [7, 11) is 1.64. The molecule has 4 aromatic rings. The first kappa shape index (κ1) is 23.4. The number of fused-ring (bicyclic) bond motifs is 1. The van der Waals surface area contributed by atoms with Gasteiger partial charge in [0.15, 0.2) is 6.61 Å². The molecule has 0 atom stereocenters. The van der Waals surface area contributed by atoms with Gasteiger partial charge >= 0.3 is 0 Å². The highest BCUT2D eigenvalue weighted by Gasteiger charge is 2.11. The smallest absolute Gasteiger partial charge is 0.257 e. The number of rotatable bonds is 11. The van der Waals surface area contributed by atoms with Crippen LogP contribution in [0.1, 0.15) is 5.82 Å². The van der Waals surface area contributed by atoms with Crippen LogP contribution in [0.15, 0.2) is 72.8 Å². The van der Waals surface area contributed by atoms with E-state index in [0.717, 1.165) is 28.4 Å². The van der Waals surface area contributed by atoms with E-state index in [4.69, 9.17) is 30.8 Å². The molecule has 176 valence electrons. The van der Waals surface area contributed by atoms with Gasteiger partial charge in [-0.2, -0.15) is 0 Å². The molecule has 0 aliphatic heterocycles. The Morgan fingerprint density at radius 2 is 1.62 bits per heavy atom. The lowest BCUT2D eigenvalue weighted by atomic mass is 10.3. The van der Waals surface area contributed by atoms with E-state index in [-0.39, 0.29) is 12.5 Å². The monoisotopic (exact) mass is 479 g/mol. The van der Waals surface area contributed by atoms with Crippen LogP contribution in [0.25, 0.3) is 11.0 Å². The first-order valence-electron chi connectivity index (χ1n) is 11.0. The summed E-state index contributed by atoms with van der Waals surface area (Å²) in [4.78, 5) is 16.9. The lowest BCUT2D eigenvalue weighted by molar-refractivity contribution is -0.123. The molecule has 0 aliphatic carbocycles. The van der Waals surface area contributed by atoms with Gasteiger partial charge < -0.3 is 24.1 Å². The van der Waals surface area contributed by atoms with Crippen molar-refractivity contribution >= 4 is 28.5 Å². The maximum Gasteiger partial charge on any atom is 0.257 e. The molecule has 1 N–H and O–H groups in total. The number of halogens is 1. The summed E-state index contributed by atoms with van der Waals surface area (Å²) < 4.78 is 18.7. The van der Waals surface area contributed by atoms with Crippen molar-refractivity contribution in [3.8, 4) is 17.2 Å². The van der Waals surface area contributed by atoms with Crippen molar-refractivity contribution in [2.75, 3.05) is 26.9 Å². The molecule has 7 nitrogen and oxygen atoms in total. The van der Waals surface area contributed by atoms with Crippen molar-refractivity contribution in [2.24, 2.45) is 0 Å². The molecule has 0 radical (unpaired) electrons. The number of aromatic nitrogens is 2. The second-order valence-corrected chi connectivity index (χ2v) is 7.97. The second-order valence-electron chi connectivity index (χ2n) is 7.53. The highest BCUT2D eigenvalue weighted by molar-refractivity contribution is 6.30. The molecule has 1 aromatic heterocycles. The lowest BCUT2D eigenvalue weighted by Crippen LogP contribution is -2.31. The quantitative estimate of drug-likeness (QED) is 0.342. The molecule has 0 aliphatic rings. The zero-order chi connectivity index (χ0) is 23.8. The standard InChI is InChI=1S/C26H26ClN3O4/c1-32-20-10-12-21(13-11-20)33-17-16-30-24-5-3-2-4-23(24)29-25(30)14-15-28-26(31)18-34-22-8-6-19(27)7-9-22/h2-13H,14-18H2,1H3,(H,28,31). The Kier molecular flexibility index (Phi) is 7.88. The number of nitrogens with zero attached hydrogens (tertiary/aromatic N) is 2. The number of methoxy groups -OCH3 is 1. The van der Waals surface area contributed by atoms with E-state index in [1.165, 1.54) is 0 Å². The normalized spacial score (nSPS) is 10.8. The third-order valence-electron chi connectivity index (χ3n) is 5.23. The first-order chi connectivity index (χ1) is 16.6. The van der Waals surface area contributed by atoms with E-state index < -0.39 is 0 Å². The minimum atomic E-state index is -0.194. The van der Waals surface area contributed by atoms with Crippen LogP contribution in [-0.4, -0.2) is 42.3 Å². The molecule has 1 amide bonds. The van der Waals surface area contributed by atoms with Gasteiger partial charge in [0.1, 0.15) is 29.7 Å². The van der Waals surface area contributed by atoms with Gasteiger partial charge in [0, 0.05) is 18.0 Å². The summed E-state index contributed by atoms with van der Waals surface area (Å²) >= 11 is 5.86. The van der Waals surface area contributed by atoms with Gasteiger partial charge in [0.05, 0.1) is 24.7 Å². The van der Waals surface area contributed by atoms with E-state index in [9.17, 15) is 4.79 Å². The maximum atomic E-state index is 12.2. The molecule has 0 spiro atoms. The SMILES string of the molecule is COc1ccc(OCCn2c(CCNC(=O)COc3ccc(Cl)cc3)nc3ccccc32)cc1. The van der Waals surface area contributed by atoms with Crippen molar-refractivity contribution in [3.05, 3.63) is 83.6 Å². The van der Waals surface area contributed by atoms with Crippen molar-refractivity contribution in [2.45, 2.75) is 13.0 Å². The van der Waals surface area contributed by atoms with E-state index in [1.807, 2.05) is 48.5 Å². The summed E-state index contributed by atoms with van der Waals surface area (Å²) in [5.41, 5.74) is 1.95. The van der Waals surface area contributed by atoms with Gasteiger partial charge in [-0.05, 0) is 60.7 Å². The van der Waals surface area contributed by atoms with Crippen molar-refractivity contribution in [1.29, 1.82) is 0 Å². The number of benzene rings is 3. The predicted octanol–water partition coefficient (Wildman–Crippen LogP) is 4.52. The number of hydrogen-bond donors (Lipinski definition) is 1. The Hall–Kier alpha value is -3.71. The van der Waals surface area contributed by atoms with E-state index in [1.54, 1.807) is 31.4 Å². The predicted molar refractivity (Wildman–Crippen MR) is 132 cm³/mol. The Labute approximate surface area is 203 Å². The van der Waals surface area contributed by atoms with Crippen LogP contribution in [0.4, 0.5) is 0 Å². The molecule has 34 heavy (non-hydrogen) atoms. The van der Waals surface area contributed by atoms with E-state index >= 15 is 0 Å². The summed E-state index contributed by atoms with van der Waals surface area (Å²) in [6.07, 6.45) is 0.587. The Balaban J connectivity index is 1.31. The summed E-state index contributed by atoms with van der Waals surface area (Å²) in [5.74, 6) is 2.85. The van der Waals surface area contributed by atoms with Crippen LogP contribution >= 0.6 is 11.6 Å². The van der Waals surface area contributed by atoms with Crippen LogP contribution in [0.3, 0.4) is 0 Å². The van der Waals surface area contributed by atoms with Crippen molar-refractivity contribution in [1.82, 2.24) is 14.9 Å². The van der Waals surface area contributed by atoms with Crippen LogP contribution in [0, 0.1) is 0 Å². The fourth-order valence-corrected chi connectivity index (χ4v) is 3.66. The number of hydrogen-bond acceptors (Lipinski definition) is 5. The molecule has 1 heterocycles. The van der Waals surface area contributed by atoms with E-state index in [0.29, 0.717) is 36.9 Å². The van der Waals surface area contributed by atoms with Crippen LogP contribution in [0.2, 0.25) is 5.02 Å². The number of imidazole rings is 1. The first-order valence-corrected chi connectivity index (χ1v) is 11.4.